The van der Waals surface area contributed by atoms with Gasteiger partial charge < -0.3 is 10.1 Å². The van der Waals surface area contributed by atoms with Gasteiger partial charge in [-0.05, 0) is 24.0 Å². The molecule has 1 N–H and O–H groups in total. The molecule has 1 aromatic carbocycles. The van der Waals surface area contributed by atoms with E-state index in [-0.39, 0.29) is 31.5 Å². The van der Waals surface area contributed by atoms with Crippen LogP contribution in [-0.2, 0) is 22.7 Å². The third kappa shape index (κ3) is 5.21. The van der Waals surface area contributed by atoms with Crippen LogP contribution in [0.15, 0.2) is 24.3 Å². The largest absolute Gasteiger partial charge is 0.404 e. The highest BCUT2D eigenvalue weighted by Crippen LogP contribution is 2.33. The number of halogens is 3. The number of methoxy groups -OCH3 is 1. The van der Waals surface area contributed by atoms with E-state index in [1.807, 2.05) is 24.3 Å². The van der Waals surface area contributed by atoms with Crippen LogP contribution >= 0.6 is 0 Å². The fourth-order valence-corrected chi connectivity index (χ4v) is 3.14. The Labute approximate surface area is 140 Å². The second-order valence-electron chi connectivity index (χ2n) is 6.21. The maximum atomic E-state index is 13.3. The molecule has 0 saturated carbocycles. The number of alkyl halides is 3. The van der Waals surface area contributed by atoms with Gasteiger partial charge in [-0.15, -0.1) is 0 Å². The lowest BCUT2D eigenvalue weighted by Crippen LogP contribution is -2.55. The Kier molecular flexibility index (Phi) is 6.23. The van der Waals surface area contributed by atoms with E-state index in [0.29, 0.717) is 13.0 Å². The van der Waals surface area contributed by atoms with Crippen LogP contribution in [0.1, 0.15) is 30.9 Å². The van der Waals surface area contributed by atoms with Gasteiger partial charge in [0.15, 0.2) is 0 Å². The normalized spacial score (nSPS) is 22.4. The van der Waals surface area contributed by atoms with Gasteiger partial charge >= 0.3 is 6.18 Å². The summed E-state index contributed by atoms with van der Waals surface area (Å²) in [6, 6.07) is 5.65. The van der Waals surface area contributed by atoms with Gasteiger partial charge in [-0.2, -0.15) is 13.2 Å². The van der Waals surface area contributed by atoms with Gasteiger partial charge in [0, 0.05) is 33.2 Å². The molecule has 1 saturated heterocycles. The molecule has 24 heavy (non-hydrogen) atoms. The zero-order chi connectivity index (χ0) is 17.7. The molecule has 1 fully saturated rings. The van der Waals surface area contributed by atoms with Crippen molar-refractivity contribution in [1.29, 1.82) is 0 Å². The van der Waals surface area contributed by atoms with Crippen molar-refractivity contribution in [3.8, 4) is 0 Å². The minimum atomic E-state index is -4.27. The van der Waals surface area contributed by atoms with Crippen LogP contribution in [0.5, 0.6) is 0 Å². The lowest BCUT2D eigenvalue weighted by atomic mass is 9.96. The molecular weight excluding hydrogens is 321 g/mol. The maximum absolute atomic E-state index is 13.3. The number of hydrogen-bond donors (Lipinski definition) is 1. The minimum absolute atomic E-state index is 0.00376. The van der Waals surface area contributed by atoms with Crippen LogP contribution < -0.4 is 5.32 Å². The molecule has 1 aromatic rings. The van der Waals surface area contributed by atoms with E-state index >= 15 is 0 Å². The van der Waals surface area contributed by atoms with Gasteiger partial charge in [-0.1, -0.05) is 24.3 Å². The average molecular weight is 344 g/mol. The summed E-state index contributed by atoms with van der Waals surface area (Å²) in [5.41, 5.74) is 1.79. The molecule has 2 rings (SSSR count). The quantitative estimate of drug-likeness (QED) is 0.893. The Morgan fingerprint density at radius 3 is 2.42 bits per heavy atom. The summed E-state index contributed by atoms with van der Waals surface area (Å²) in [5, 5.41) is 2.73. The number of carbonyl (C=O) groups excluding carboxylic acids is 1. The molecule has 2 atom stereocenters. The number of amides is 1. The van der Waals surface area contributed by atoms with E-state index < -0.39 is 12.2 Å². The number of piperidine rings is 1. The topological polar surface area (TPSA) is 41.6 Å². The van der Waals surface area contributed by atoms with Crippen molar-refractivity contribution < 1.29 is 22.7 Å². The Balaban J connectivity index is 2.09. The Hall–Kier alpha value is -1.60. The van der Waals surface area contributed by atoms with Gasteiger partial charge in [0.1, 0.15) is 6.04 Å². The van der Waals surface area contributed by atoms with Crippen molar-refractivity contribution in [3.05, 3.63) is 35.4 Å². The Bertz CT molecular complexity index is 546. The first kappa shape index (κ1) is 18.7. The predicted octanol–water partition coefficient (Wildman–Crippen LogP) is 2.86. The molecule has 0 aromatic heterocycles. The summed E-state index contributed by atoms with van der Waals surface area (Å²) in [6.07, 6.45) is -3.93. The summed E-state index contributed by atoms with van der Waals surface area (Å²) in [4.78, 5) is 12.6. The number of carbonyl (C=O) groups is 1. The number of nitrogens with zero attached hydrogens (tertiary/aromatic N) is 1. The van der Waals surface area contributed by atoms with Crippen molar-refractivity contribution in [2.75, 3.05) is 13.7 Å². The molecule has 1 aliphatic rings. The van der Waals surface area contributed by atoms with Crippen molar-refractivity contribution in [3.63, 3.8) is 0 Å². The molecule has 0 aliphatic carbocycles. The van der Waals surface area contributed by atoms with Crippen LogP contribution in [0.3, 0.4) is 0 Å². The van der Waals surface area contributed by atoms with Crippen LogP contribution in [0, 0.1) is 0 Å². The predicted molar refractivity (Wildman–Crippen MR) is 84.2 cm³/mol. The second kappa shape index (κ2) is 7.98. The first-order chi connectivity index (χ1) is 11.3. The van der Waals surface area contributed by atoms with Gasteiger partial charge in [0.25, 0.3) is 0 Å². The highest BCUT2D eigenvalue weighted by molar-refractivity contribution is 5.73. The smallest absolute Gasteiger partial charge is 0.380 e. The first-order valence-corrected chi connectivity index (χ1v) is 7.94. The lowest BCUT2D eigenvalue weighted by Gasteiger charge is -2.40. The summed E-state index contributed by atoms with van der Waals surface area (Å²) in [7, 11) is 1.59. The summed E-state index contributed by atoms with van der Waals surface area (Å²) in [5.74, 6) is -0.214. The summed E-state index contributed by atoms with van der Waals surface area (Å²) in [6.45, 7) is 2.26. The van der Waals surface area contributed by atoms with Gasteiger partial charge in [-0.25, -0.2) is 0 Å². The standard InChI is InChI=1S/C17H23F3N2O2/c1-12(23)21-15-7-8-16(17(18,19)20)22(10-15)9-13-3-5-14(6-4-13)11-24-2/h3-6,15-16H,7-11H2,1-2H3,(H,21,23)/t15-,16+/m0/s1. The molecule has 1 aliphatic heterocycles. The van der Waals surface area contributed by atoms with E-state index in [0.717, 1.165) is 11.1 Å². The molecular formula is C17H23F3N2O2. The number of ether oxygens (including phenoxy) is 1. The molecule has 0 unspecified atom stereocenters. The number of hydrogen-bond acceptors (Lipinski definition) is 3. The number of benzene rings is 1. The number of nitrogens with one attached hydrogen (secondary N) is 1. The summed E-state index contributed by atoms with van der Waals surface area (Å²) < 4.78 is 44.9. The van der Waals surface area contributed by atoms with Gasteiger partial charge in [0.2, 0.25) is 5.91 Å². The fourth-order valence-electron chi connectivity index (χ4n) is 3.14. The third-order valence-corrected chi connectivity index (χ3v) is 4.19. The molecule has 1 amide bonds. The van der Waals surface area contributed by atoms with E-state index in [9.17, 15) is 18.0 Å². The number of rotatable bonds is 5. The van der Waals surface area contributed by atoms with Crippen molar-refractivity contribution >= 4 is 5.91 Å². The van der Waals surface area contributed by atoms with Crippen LogP contribution in [0.4, 0.5) is 13.2 Å². The van der Waals surface area contributed by atoms with Crippen LogP contribution in [-0.4, -0.2) is 42.7 Å². The molecule has 4 nitrogen and oxygen atoms in total. The zero-order valence-electron chi connectivity index (χ0n) is 13.9. The molecule has 134 valence electrons. The van der Waals surface area contributed by atoms with E-state index in [1.54, 1.807) is 7.11 Å². The molecule has 0 spiro atoms. The maximum Gasteiger partial charge on any atom is 0.404 e. The Morgan fingerprint density at radius 1 is 1.25 bits per heavy atom. The van der Waals surface area contributed by atoms with E-state index in [2.05, 4.69) is 5.32 Å². The first-order valence-electron chi connectivity index (χ1n) is 7.94. The molecule has 1 heterocycles. The van der Waals surface area contributed by atoms with Gasteiger partial charge in [0.05, 0.1) is 6.61 Å². The second-order valence-corrected chi connectivity index (χ2v) is 6.21. The molecule has 0 bridgehead atoms. The molecule has 7 heteroatoms. The van der Waals surface area contributed by atoms with Crippen molar-refractivity contribution in [1.82, 2.24) is 10.2 Å². The third-order valence-electron chi connectivity index (χ3n) is 4.19. The van der Waals surface area contributed by atoms with Crippen molar-refractivity contribution in [2.24, 2.45) is 0 Å². The fraction of sp³-hybridized carbons (Fsp3) is 0.588. The average Bonchev–Trinajstić information content (AvgIpc) is 2.48. The minimum Gasteiger partial charge on any atom is -0.380 e. The Morgan fingerprint density at radius 2 is 1.88 bits per heavy atom. The van der Waals surface area contributed by atoms with Gasteiger partial charge in [-0.3, -0.25) is 9.69 Å². The highest BCUT2D eigenvalue weighted by Gasteiger charge is 2.46. The van der Waals surface area contributed by atoms with Crippen molar-refractivity contribution in [2.45, 2.75) is 51.2 Å². The summed E-state index contributed by atoms with van der Waals surface area (Å²) >= 11 is 0. The highest BCUT2D eigenvalue weighted by atomic mass is 19.4. The van der Waals surface area contributed by atoms with Crippen LogP contribution in [0.25, 0.3) is 0 Å². The van der Waals surface area contributed by atoms with E-state index in [1.165, 1.54) is 11.8 Å². The van der Waals surface area contributed by atoms with Crippen LogP contribution in [0.2, 0.25) is 0 Å². The lowest BCUT2D eigenvalue weighted by molar-refractivity contribution is -0.194. The number of likely N-dealkylation sites (tertiary alicyclic amines) is 1. The monoisotopic (exact) mass is 344 g/mol. The SMILES string of the molecule is COCc1ccc(CN2C[C@@H](NC(C)=O)CC[C@@H]2C(F)(F)F)cc1. The molecule has 0 radical (unpaired) electrons. The zero-order valence-corrected chi connectivity index (χ0v) is 13.9. The van der Waals surface area contributed by atoms with E-state index in [4.69, 9.17) is 4.74 Å².